The van der Waals surface area contributed by atoms with E-state index in [1.165, 1.54) is 6.07 Å². The molecular formula is C22H29FN4O. The molecule has 2 atom stereocenters. The van der Waals surface area contributed by atoms with Gasteiger partial charge in [-0.2, -0.15) is 4.98 Å². The number of aromatic nitrogens is 2. The molecule has 150 valence electrons. The molecule has 0 radical (unpaired) electrons. The first-order valence-electron chi connectivity index (χ1n) is 10.3. The molecule has 0 saturated carbocycles. The predicted molar refractivity (Wildman–Crippen MR) is 109 cm³/mol. The predicted octanol–water partition coefficient (Wildman–Crippen LogP) is 3.79. The Morgan fingerprint density at radius 1 is 1.14 bits per heavy atom. The van der Waals surface area contributed by atoms with Crippen molar-refractivity contribution in [1.82, 2.24) is 9.97 Å². The Balaban J connectivity index is 1.65. The van der Waals surface area contributed by atoms with Gasteiger partial charge in [-0.25, -0.2) is 9.37 Å². The Labute approximate surface area is 166 Å². The molecule has 2 saturated heterocycles. The van der Waals surface area contributed by atoms with Crippen LogP contribution in [0.15, 0.2) is 30.3 Å². The number of rotatable bonds is 5. The Morgan fingerprint density at radius 3 is 2.39 bits per heavy atom. The van der Waals surface area contributed by atoms with Crippen molar-refractivity contribution in [2.24, 2.45) is 0 Å². The minimum absolute atomic E-state index is 0.120. The minimum Gasteiger partial charge on any atom is -0.385 e. The smallest absolute Gasteiger partial charge is 0.228 e. The maximum atomic E-state index is 14.4. The number of anilines is 2. The fourth-order valence-electron chi connectivity index (χ4n) is 4.97. The third-order valence-corrected chi connectivity index (χ3v) is 6.29. The van der Waals surface area contributed by atoms with E-state index in [0.717, 1.165) is 43.4 Å². The van der Waals surface area contributed by atoms with Gasteiger partial charge in [-0.15, -0.1) is 0 Å². The normalized spacial score (nSPS) is 26.5. The summed E-state index contributed by atoms with van der Waals surface area (Å²) in [5.41, 5.74) is 0.237. The third-order valence-electron chi connectivity index (χ3n) is 6.29. The zero-order valence-corrected chi connectivity index (χ0v) is 16.9. The van der Waals surface area contributed by atoms with Gasteiger partial charge in [-0.1, -0.05) is 18.2 Å². The SMILES string of the molecule is CCN(CC)c1cc(C)nc(N2C3CCC2CC(O)(c2ccccc2F)C3)n1. The molecule has 0 aliphatic carbocycles. The Morgan fingerprint density at radius 2 is 1.79 bits per heavy atom. The molecule has 6 heteroatoms. The standard InChI is InChI=1S/C22H29FN4O/c1-4-26(5-2)20-12-15(3)24-21(25-20)27-16-10-11-17(27)14-22(28,13-16)18-8-6-7-9-19(18)23/h6-9,12,16-17,28H,4-5,10-11,13-14H2,1-3H3. The fraction of sp³-hybridized carbons (Fsp3) is 0.545. The zero-order valence-electron chi connectivity index (χ0n) is 16.9. The van der Waals surface area contributed by atoms with Gasteiger partial charge in [-0.3, -0.25) is 0 Å². The summed E-state index contributed by atoms with van der Waals surface area (Å²) in [6, 6.07) is 8.88. The van der Waals surface area contributed by atoms with Gasteiger partial charge in [0.05, 0.1) is 5.60 Å². The summed E-state index contributed by atoms with van der Waals surface area (Å²) >= 11 is 0. The molecule has 4 rings (SSSR count). The van der Waals surface area contributed by atoms with Crippen LogP contribution in [0.2, 0.25) is 0 Å². The van der Waals surface area contributed by atoms with Gasteiger partial charge in [0.15, 0.2) is 0 Å². The zero-order chi connectivity index (χ0) is 19.9. The van der Waals surface area contributed by atoms with Crippen molar-refractivity contribution in [2.75, 3.05) is 22.9 Å². The van der Waals surface area contributed by atoms with E-state index in [1.807, 2.05) is 13.0 Å². The van der Waals surface area contributed by atoms with Crippen LogP contribution in [0.25, 0.3) is 0 Å². The van der Waals surface area contributed by atoms with Crippen LogP contribution in [-0.4, -0.2) is 40.2 Å². The van der Waals surface area contributed by atoms with Crippen molar-refractivity contribution in [1.29, 1.82) is 0 Å². The van der Waals surface area contributed by atoms with E-state index in [1.54, 1.807) is 18.2 Å². The van der Waals surface area contributed by atoms with Crippen molar-refractivity contribution in [3.05, 3.63) is 47.4 Å². The van der Waals surface area contributed by atoms with Gasteiger partial charge >= 0.3 is 0 Å². The highest BCUT2D eigenvalue weighted by molar-refractivity contribution is 5.48. The van der Waals surface area contributed by atoms with Crippen LogP contribution in [0, 0.1) is 12.7 Å². The highest BCUT2D eigenvalue weighted by Crippen LogP contribution is 2.47. The second-order valence-electron chi connectivity index (χ2n) is 8.05. The van der Waals surface area contributed by atoms with Gasteiger partial charge in [0.2, 0.25) is 5.95 Å². The van der Waals surface area contributed by atoms with E-state index in [-0.39, 0.29) is 17.9 Å². The van der Waals surface area contributed by atoms with E-state index < -0.39 is 5.60 Å². The number of fused-ring (bicyclic) bond motifs is 2. The molecule has 2 bridgehead atoms. The highest BCUT2D eigenvalue weighted by atomic mass is 19.1. The average molecular weight is 384 g/mol. The van der Waals surface area contributed by atoms with Crippen molar-refractivity contribution >= 4 is 11.8 Å². The van der Waals surface area contributed by atoms with Crippen LogP contribution >= 0.6 is 0 Å². The van der Waals surface area contributed by atoms with E-state index >= 15 is 0 Å². The van der Waals surface area contributed by atoms with Crippen LogP contribution in [0.4, 0.5) is 16.2 Å². The van der Waals surface area contributed by atoms with Crippen molar-refractivity contribution in [3.63, 3.8) is 0 Å². The summed E-state index contributed by atoms with van der Waals surface area (Å²) in [6.07, 6.45) is 2.95. The maximum absolute atomic E-state index is 14.4. The molecule has 2 aliphatic rings. The maximum Gasteiger partial charge on any atom is 0.228 e. The van der Waals surface area contributed by atoms with Crippen LogP contribution in [0.1, 0.15) is 50.8 Å². The number of aryl methyl sites for hydroxylation is 1. The topological polar surface area (TPSA) is 52.5 Å². The Hall–Kier alpha value is -2.21. The van der Waals surface area contributed by atoms with Crippen molar-refractivity contribution in [2.45, 2.75) is 64.1 Å². The van der Waals surface area contributed by atoms with Gasteiger partial charge in [0.1, 0.15) is 11.6 Å². The number of hydrogen-bond donors (Lipinski definition) is 1. The Bertz CT molecular complexity index is 840. The molecule has 2 aromatic rings. The summed E-state index contributed by atoms with van der Waals surface area (Å²) < 4.78 is 14.4. The van der Waals surface area contributed by atoms with E-state index in [9.17, 15) is 9.50 Å². The number of nitrogens with zero attached hydrogens (tertiary/aromatic N) is 4. The first-order valence-corrected chi connectivity index (χ1v) is 10.3. The second kappa shape index (κ2) is 7.32. The lowest BCUT2D eigenvalue weighted by Crippen LogP contribution is -2.50. The molecule has 28 heavy (non-hydrogen) atoms. The lowest BCUT2D eigenvalue weighted by Gasteiger charge is -2.44. The van der Waals surface area contributed by atoms with Crippen molar-refractivity contribution in [3.8, 4) is 0 Å². The number of piperidine rings is 1. The molecule has 0 spiro atoms. The quantitative estimate of drug-likeness (QED) is 0.850. The minimum atomic E-state index is -1.13. The molecule has 1 N–H and O–H groups in total. The van der Waals surface area contributed by atoms with Gasteiger partial charge in [-0.05, 0) is 39.7 Å². The van der Waals surface area contributed by atoms with Crippen LogP contribution in [-0.2, 0) is 5.60 Å². The van der Waals surface area contributed by atoms with Gasteiger partial charge < -0.3 is 14.9 Å². The molecule has 5 nitrogen and oxygen atoms in total. The molecule has 1 aromatic heterocycles. The van der Waals surface area contributed by atoms with Gasteiger partial charge in [0, 0.05) is 55.3 Å². The van der Waals surface area contributed by atoms with E-state index in [4.69, 9.17) is 9.97 Å². The first kappa shape index (κ1) is 19.1. The second-order valence-corrected chi connectivity index (χ2v) is 8.05. The van der Waals surface area contributed by atoms with Crippen molar-refractivity contribution < 1.29 is 9.50 Å². The summed E-state index contributed by atoms with van der Waals surface area (Å²) in [6.45, 7) is 8.04. The monoisotopic (exact) mass is 384 g/mol. The molecule has 2 aliphatic heterocycles. The summed E-state index contributed by atoms with van der Waals surface area (Å²) in [7, 11) is 0. The highest BCUT2D eigenvalue weighted by Gasteiger charge is 2.50. The largest absolute Gasteiger partial charge is 0.385 e. The van der Waals surface area contributed by atoms with Crippen LogP contribution < -0.4 is 9.80 Å². The number of hydrogen-bond acceptors (Lipinski definition) is 5. The number of benzene rings is 1. The lowest BCUT2D eigenvalue weighted by molar-refractivity contribution is -0.00640. The lowest BCUT2D eigenvalue weighted by atomic mass is 9.80. The van der Waals surface area contributed by atoms with E-state index in [2.05, 4.69) is 23.6 Å². The van der Waals surface area contributed by atoms with Gasteiger partial charge in [0.25, 0.3) is 0 Å². The molecule has 2 fully saturated rings. The van der Waals surface area contributed by atoms with Crippen LogP contribution in [0.3, 0.4) is 0 Å². The fourth-order valence-corrected chi connectivity index (χ4v) is 4.97. The van der Waals surface area contributed by atoms with E-state index in [0.29, 0.717) is 18.4 Å². The summed E-state index contributed by atoms with van der Waals surface area (Å²) in [5.74, 6) is 1.36. The number of halogens is 1. The first-order chi connectivity index (χ1) is 13.4. The van der Waals surface area contributed by atoms with Crippen LogP contribution in [0.5, 0.6) is 0 Å². The third kappa shape index (κ3) is 3.24. The average Bonchev–Trinajstić information content (AvgIpc) is 2.95. The Kier molecular flexibility index (Phi) is 5.00. The summed E-state index contributed by atoms with van der Waals surface area (Å²) in [5, 5.41) is 11.3. The molecule has 2 unspecified atom stereocenters. The molecular weight excluding hydrogens is 355 g/mol. The summed E-state index contributed by atoms with van der Waals surface area (Å²) in [4.78, 5) is 14.1. The molecule has 0 amide bonds. The molecule has 3 heterocycles. The number of aliphatic hydroxyl groups is 1. The molecule has 1 aromatic carbocycles.